The van der Waals surface area contributed by atoms with E-state index in [1.165, 1.54) is 36.5 Å². The molecule has 0 radical (unpaired) electrons. The summed E-state index contributed by atoms with van der Waals surface area (Å²) in [6.07, 6.45) is 3.23. The molecule has 4 rings (SSSR count). The van der Waals surface area contributed by atoms with Gasteiger partial charge in [0.15, 0.2) is 0 Å². The monoisotopic (exact) mass is 544 g/mol. The lowest BCUT2D eigenvalue weighted by atomic mass is 10.1. The average Bonchev–Trinajstić information content (AvgIpc) is 3.38. The largest absolute Gasteiger partial charge is 0.366 e. The van der Waals surface area contributed by atoms with Crippen molar-refractivity contribution in [2.45, 2.75) is 17.7 Å². The Hall–Kier alpha value is -4.23. The molecule has 0 aliphatic carbocycles. The number of nitrogens with zero attached hydrogens (tertiary/aromatic N) is 4. The third-order valence-corrected chi connectivity index (χ3v) is 7.21. The van der Waals surface area contributed by atoms with E-state index in [2.05, 4.69) is 15.2 Å². The normalized spacial score (nSPS) is 13.6. The number of nitrogens with one attached hydrogen (secondary N) is 2. The van der Waals surface area contributed by atoms with Crippen molar-refractivity contribution in [1.82, 2.24) is 0 Å². The fraction of sp³-hybridized carbons (Fsp3) is 0.174. The summed E-state index contributed by atoms with van der Waals surface area (Å²) in [7, 11) is -4.14. The summed E-state index contributed by atoms with van der Waals surface area (Å²) < 4.78 is 27.8. The Morgan fingerprint density at radius 1 is 0.946 bits per heavy atom. The fourth-order valence-corrected chi connectivity index (χ4v) is 5.12. The number of sulfonamides is 1. The van der Waals surface area contributed by atoms with Gasteiger partial charge in [-0.05, 0) is 49.2 Å². The van der Waals surface area contributed by atoms with Gasteiger partial charge in [0.2, 0.25) is 0 Å². The van der Waals surface area contributed by atoms with Gasteiger partial charge in [-0.1, -0.05) is 23.7 Å². The van der Waals surface area contributed by atoms with Gasteiger partial charge in [0.25, 0.3) is 21.4 Å². The van der Waals surface area contributed by atoms with E-state index in [-0.39, 0.29) is 22.0 Å². The second kappa shape index (κ2) is 10.8. The van der Waals surface area contributed by atoms with Crippen molar-refractivity contribution < 1.29 is 18.3 Å². The third-order valence-electron chi connectivity index (χ3n) is 5.59. The summed E-state index contributed by atoms with van der Waals surface area (Å²) >= 11 is 5.88. The Bertz CT molecular complexity index is 1490. The summed E-state index contributed by atoms with van der Waals surface area (Å²) in [6, 6.07) is 14.0. The maximum absolute atomic E-state index is 12.7. The second-order valence-electron chi connectivity index (χ2n) is 8.12. The smallest absolute Gasteiger partial charge is 0.295 e. The zero-order valence-electron chi connectivity index (χ0n) is 19.2. The maximum atomic E-state index is 12.7. The number of nitro benzene ring substituents is 2. The number of rotatable bonds is 9. The molecule has 3 aromatic carbocycles. The van der Waals surface area contributed by atoms with Crippen LogP contribution in [0.1, 0.15) is 18.4 Å². The molecule has 2 N–H and O–H groups in total. The van der Waals surface area contributed by atoms with Crippen LogP contribution in [0.3, 0.4) is 0 Å². The first kappa shape index (κ1) is 25.9. The lowest BCUT2D eigenvalue weighted by Gasteiger charge is -2.17. The first-order valence-corrected chi connectivity index (χ1v) is 12.9. The van der Waals surface area contributed by atoms with Crippen LogP contribution in [0, 0.1) is 20.2 Å². The van der Waals surface area contributed by atoms with Crippen LogP contribution in [0.25, 0.3) is 0 Å². The van der Waals surface area contributed by atoms with Crippen LogP contribution in [0.5, 0.6) is 0 Å². The Morgan fingerprint density at radius 3 is 2.35 bits per heavy atom. The highest BCUT2D eigenvalue weighted by Gasteiger charge is 2.23. The van der Waals surface area contributed by atoms with Gasteiger partial charge in [-0.15, -0.1) is 0 Å². The average molecular weight is 545 g/mol. The van der Waals surface area contributed by atoms with E-state index in [4.69, 9.17) is 11.6 Å². The van der Waals surface area contributed by atoms with Crippen molar-refractivity contribution in [3.8, 4) is 0 Å². The maximum Gasteiger partial charge on any atom is 0.295 e. The van der Waals surface area contributed by atoms with Crippen LogP contribution in [-0.2, 0) is 10.0 Å². The minimum absolute atomic E-state index is 0.0569. The molecular formula is C23H21ClN6O6S. The van der Waals surface area contributed by atoms with Crippen molar-refractivity contribution in [1.29, 1.82) is 0 Å². The van der Waals surface area contributed by atoms with Crippen molar-refractivity contribution in [3.63, 3.8) is 0 Å². The molecule has 0 unspecified atom stereocenters. The van der Waals surface area contributed by atoms with Gasteiger partial charge in [-0.2, -0.15) is 5.10 Å². The molecule has 1 fully saturated rings. The predicted molar refractivity (Wildman–Crippen MR) is 141 cm³/mol. The summed E-state index contributed by atoms with van der Waals surface area (Å²) in [4.78, 5) is 23.6. The zero-order valence-corrected chi connectivity index (χ0v) is 20.8. The molecular weight excluding hydrogens is 524 g/mol. The Balaban J connectivity index is 1.54. The fourth-order valence-electron chi connectivity index (χ4n) is 3.86. The van der Waals surface area contributed by atoms with E-state index in [1.807, 2.05) is 4.90 Å². The van der Waals surface area contributed by atoms with Gasteiger partial charge in [0.1, 0.15) is 11.4 Å². The molecule has 0 aromatic heterocycles. The first-order valence-electron chi connectivity index (χ1n) is 11.0. The van der Waals surface area contributed by atoms with Crippen molar-refractivity contribution >= 4 is 56.3 Å². The van der Waals surface area contributed by atoms with Crippen LogP contribution < -0.4 is 15.0 Å². The van der Waals surface area contributed by atoms with Gasteiger partial charge in [-0.25, -0.2) is 8.42 Å². The molecule has 0 bridgehead atoms. The summed E-state index contributed by atoms with van der Waals surface area (Å²) in [5.41, 5.74) is 3.01. The summed E-state index contributed by atoms with van der Waals surface area (Å²) in [5, 5.41) is 27.5. The van der Waals surface area contributed by atoms with Crippen LogP contribution in [0.2, 0.25) is 5.02 Å². The van der Waals surface area contributed by atoms with Crippen molar-refractivity contribution in [2.75, 3.05) is 28.1 Å². The first-order chi connectivity index (χ1) is 17.6. The third kappa shape index (κ3) is 6.13. The molecule has 0 atom stereocenters. The highest BCUT2D eigenvalue weighted by atomic mass is 35.5. The zero-order chi connectivity index (χ0) is 26.6. The van der Waals surface area contributed by atoms with Crippen molar-refractivity contribution in [2.24, 2.45) is 5.10 Å². The van der Waals surface area contributed by atoms with E-state index < -0.39 is 25.6 Å². The molecule has 192 valence electrons. The number of hydrogen-bond donors (Lipinski definition) is 2. The quantitative estimate of drug-likeness (QED) is 0.216. The number of benzene rings is 3. The standard InChI is InChI=1S/C23H21ClN6O6S/c24-17-4-3-5-18(13-17)27-37(35,36)19-7-8-20(22(14-19)29(31)32)26-25-15-16-6-9-21(23(12-16)30(33)34)28-10-1-2-11-28/h3-9,12-15,26-27H,1-2,10-11H2. The number of hydrogen-bond acceptors (Lipinski definition) is 9. The van der Waals surface area contributed by atoms with Gasteiger partial charge in [0.05, 0.1) is 26.6 Å². The lowest BCUT2D eigenvalue weighted by Crippen LogP contribution is -2.19. The molecule has 0 amide bonds. The number of anilines is 3. The Kier molecular flexibility index (Phi) is 7.55. The molecule has 14 heteroatoms. The molecule has 1 aliphatic heterocycles. The van der Waals surface area contributed by atoms with Gasteiger partial charge in [0, 0.05) is 35.8 Å². The molecule has 3 aromatic rings. The minimum atomic E-state index is -4.14. The predicted octanol–water partition coefficient (Wildman–Crippen LogP) is 5.00. The number of nitro groups is 2. The van der Waals surface area contributed by atoms with E-state index in [9.17, 15) is 28.6 Å². The number of hydrazone groups is 1. The molecule has 1 aliphatic rings. The van der Waals surface area contributed by atoms with E-state index in [0.29, 0.717) is 16.3 Å². The molecule has 1 saturated heterocycles. The SMILES string of the molecule is O=[N+]([O-])c1cc(S(=O)(=O)Nc2cccc(Cl)c2)ccc1NN=Cc1ccc(N2CCCC2)c([N+](=O)[O-])c1. The highest BCUT2D eigenvalue weighted by molar-refractivity contribution is 7.92. The van der Waals surface area contributed by atoms with Crippen LogP contribution in [0.15, 0.2) is 70.7 Å². The molecule has 0 spiro atoms. The van der Waals surface area contributed by atoms with E-state index in [1.54, 1.807) is 24.3 Å². The van der Waals surface area contributed by atoms with Gasteiger partial charge < -0.3 is 4.90 Å². The van der Waals surface area contributed by atoms with E-state index in [0.717, 1.165) is 32.0 Å². The van der Waals surface area contributed by atoms with Crippen LogP contribution >= 0.6 is 11.6 Å². The van der Waals surface area contributed by atoms with Gasteiger partial charge >= 0.3 is 0 Å². The second-order valence-corrected chi connectivity index (χ2v) is 10.2. The minimum Gasteiger partial charge on any atom is -0.366 e. The van der Waals surface area contributed by atoms with Crippen LogP contribution in [0.4, 0.5) is 28.4 Å². The van der Waals surface area contributed by atoms with E-state index >= 15 is 0 Å². The molecule has 37 heavy (non-hydrogen) atoms. The molecule has 12 nitrogen and oxygen atoms in total. The van der Waals surface area contributed by atoms with Crippen LogP contribution in [-0.4, -0.2) is 37.6 Å². The Morgan fingerprint density at radius 2 is 1.68 bits per heavy atom. The highest BCUT2D eigenvalue weighted by Crippen LogP contribution is 2.32. The number of halogens is 1. The van der Waals surface area contributed by atoms with Gasteiger partial charge in [-0.3, -0.25) is 30.4 Å². The topological polar surface area (TPSA) is 160 Å². The summed E-state index contributed by atoms with van der Waals surface area (Å²) in [6.45, 7) is 1.50. The Labute approximate surface area is 216 Å². The molecule has 0 saturated carbocycles. The summed E-state index contributed by atoms with van der Waals surface area (Å²) in [5.74, 6) is 0. The lowest BCUT2D eigenvalue weighted by molar-refractivity contribution is -0.384. The van der Waals surface area contributed by atoms with Crippen molar-refractivity contribution in [3.05, 3.63) is 91.5 Å². The molecule has 1 heterocycles.